The summed E-state index contributed by atoms with van der Waals surface area (Å²) in [5, 5.41) is 2.83. The van der Waals surface area contributed by atoms with Crippen LogP contribution in [0.3, 0.4) is 0 Å². The Balaban J connectivity index is 1.75. The Hall–Kier alpha value is -1.66. The zero-order chi connectivity index (χ0) is 13.7. The maximum absolute atomic E-state index is 11.8. The number of aromatic nitrogens is 1. The third-order valence-corrected chi connectivity index (χ3v) is 3.15. The van der Waals surface area contributed by atoms with Gasteiger partial charge in [0.15, 0.2) is 5.78 Å². The quantitative estimate of drug-likeness (QED) is 0.750. The molecule has 1 fully saturated rings. The highest BCUT2D eigenvalue weighted by Gasteiger charge is 2.12. The molecule has 6 nitrogen and oxygen atoms in total. The number of H-pyrrole nitrogens is 1. The van der Waals surface area contributed by atoms with Crippen molar-refractivity contribution in [1.29, 1.82) is 0 Å². The Morgan fingerprint density at radius 2 is 2.16 bits per heavy atom. The summed E-state index contributed by atoms with van der Waals surface area (Å²) >= 11 is 0. The minimum Gasteiger partial charge on any atom is -0.379 e. The van der Waals surface area contributed by atoms with Crippen molar-refractivity contribution in [2.45, 2.75) is 6.92 Å². The Morgan fingerprint density at radius 3 is 2.79 bits per heavy atom. The molecule has 0 spiro atoms. The SMILES string of the molecule is CC(=O)c1c[nH]c(C(=O)NCCN2CCOCC2)c1. The Kier molecular flexibility index (Phi) is 4.70. The number of nitrogens with one attached hydrogen (secondary N) is 2. The zero-order valence-electron chi connectivity index (χ0n) is 11.1. The predicted molar refractivity (Wildman–Crippen MR) is 70.4 cm³/mol. The van der Waals surface area contributed by atoms with Crippen LogP contribution in [-0.4, -0.2) is 61.0 Å². The third-order valence-electron chi connectivity index (χ3n) is 3.15. The summed E-state index contributed by atoms with van der Waals surface area (Å²) in [6.45, 7) is 6.21. The average Bonchev–Trinajstić information content (AvgIpc) is 2.89. The van der Waals surface area contributed by atoms with Crippen LogP contribution < -0.4 is 5.32 Å². The van der Waals surface area contributed by atoms with Gasteiger partial charge in [-0.15, -0.1) is 0 Å². The molecule has 1 aliphatic rings. The molecule has 2 rings (SSSR count). The number of carbonyl (C=O) groups excluding carboxylic acids is 2. The van der Waals surface area contributed by atoms with E-state index in [1.54, 1.807) is 12.3 Å². The fourth-order valence-corrected chi connectivity index (χ4v) is 1.98. The first-order valence-corrected chi connectivity index (χ1v) is 6.44. The number of rotatable bonds is 5. The van der Waals surface area contributed by atoms with Gasteiger partial charge in [-0.25, -0.2) is 0 Å². The monoisotopic (exact) mass is 265 g/mol. The number of hydrogen-bond donors (Lipinski definition) is 2. The number of ketones is 1. The lowest BCUT2D eigenvalue weighted by molar-refractivity contribution is 0.0383. The summed E-state index contributed by atoms with van der Waals surface area (Å²) < 4.78 is 5.26. The Bertz CT molecular complexity index is 450. The van der Waals surface area contributed by atoms with Crippen LogP contribution in [0.5, 0.6) is 0 Å². The van der Waals surface area contributed by atoms with E-state index in [9.17, 15) is 9.59 Å². The number of nitrogens with zero attached hydrogens (tertiary/aromatic N) is 1. The van der Waals surface area contributed by atoms with Crippen LogP contribution in [-0.2, 0) is 4.74 Å². The molecule has 0 radical (unpaired) electrons. The van der Waals surface area contributed by atoms with Gasteiger partial charge in [-0.1, -0.05) is 0 Å². The average molecular weight is 265 g/mol. The molecular formula is C13H19N3O3. The van der Waals surface area contributed by atoms with Gasteiger partial charge < -0.3 is 15.0 Å². The van der Waals surface area contributed by atoms with Crippen molar-refractivity contribution in [3.63, 3.8) is 0 Å². The maximum Gasteiger partial charge on any atom is 0.267 e. The van der Waals surface area contributed by atoms with Gasteiger partial charge in [-0.05, 0) is 13.0 Å². The fourth-order valence-electron chi connectivity index (χ4n) is 1.98. The molecule has 0 saturated carbocycles. The molecule has 0 atom stereocenters. The van der Waals surface area contributed by atoms with Crippen molar-refractivity contribution < 1.29 is 14.3 Å². The van der Waals surface area contributed by atoms with Gasteiger partial charge in [0.2, 0.25) is 0 Å². The third kappa shape index (κ3) is 3.90. The summed E-state index contributed by atoms with van der Waals surface area (Å²) in [6, 6.07) is 1.58. The summed E-state index contributed by atoms with van der Waals surface area (Å²) in [5.41, 5.74) is 0.950. The van der Waals surface area contributed by atoms with Crippen molar-refractivity contribution in [2.75, 3.05) is 39.4 Å². The van der Waals surface area contributed by atoms with E-state index in [1.165, 1.54) is 6.92 Å². The molecule has 0 unspecified atom stereocenters. The number of amides is 1. The lowest BCUT2D eigenvalue weighted by Gasteiger charge is -2.26. The van der Waals surface area contributed by atoms with Crippen molar-refractivity contribution in [2.24, 2.45) is 0 Å². The molecule has 2 heterocycles. The minimum absolute atomic E-state index is 0.0522. The van der Waals surface area contributed by atoms with E-state index >= 15 is 0 Å². The summed E-state index contributed by atoms with van der Waals surface area (Å²) in [7, 11) is 0. The van der Waals surface area contributed by atoms with Crippen molar-refractivity contribution in [3.8, 4) is 0 Å². The predicted octanol–water partition coefficient (Wildman–Crippen LogP) is 0.279. The molecule has 1 aromatic heterocycles. The van der Waals surface area contributed by atoms with Gasteiger partial charge in [0, 0.05) is 37.9 Å². The molecule has 0 aliphatic carbocycles. The topological polar surface area (TPSA) is 74.4 Å². The zero-order valence-corrected chi connectivity index (χ0v) is 11.1. The molecule has 1 saturated heterocycles. The number of morpholine rings is 1. The molecule has 6 heteroatoms. The largest absolute Gasteiger partial charge is 0.379 e. The first kappa shape index (κ1) is 13.8. The van der Waals surface area contributed by atoms with Crippen LogP contribution in [0, 0.1) is 0 Å². The fraction of sp³-hybridized carbons (Fsp3) is 0.538. The second-order valence-corrected chi connectivity index (χ2v) is 4.57. The standard InChI is InChI=1S/C13H19N3O3/c1-10(17)11-8-12(15-9-11)13(18)14-2-3-16-4-6-19-7-5-16/h8-9,15H,2-7H2,1H3,(H,14,18). The van der Waals surface area contributed by atoms with Crippen LogP contribution in [0.25, 0.3) is 0 Å². The molecule has 104 valence electrons. The molecule has 1 aliphatic heterocycles. The van der Waals surface area contributed by atoms with Crippen LogP contribution in [0.2, 0.25) is 0 Å². The van der Waals surface area contributed by atoms with E-state index in [2.05, 4.69) is 15.2 Å². The lowest BCUT2D eigenvalue weighted by Crippen LogP contribution is -2.41. The summed E-state index contributed by atoms with van der Waals surface area (Å²) in [5.74, 6) is -0.232. The minimum atomic E-state index is -0.180. The molecule has 0 aromatic carbocycles. The normalized spacial score (nSPS) is 16.3. The number of carbonyl (C=O) groups is 2. The first-order chi connectivity index (χ1) is 9.16. The molecule has 1 aromatic rings. The highest BCUT2D eigenvalue weighted by molar-refractivity contribution is 5.99. The van der Waals surface area contributed by atoms with E-state index in [0.717, 1.165) is 32.8 Å². The van der Waals surface area contributed by atoms with Crippen molar-refractivity contribution >= 4 is 11.7 Å². The van der Waals surface area contributed by atoms with E-state index in [1.807, 2.05) is 0 Å². The lowest BCUT2D eigenvalue weighted by atomic mass is 10.2. The molecule has 1 amide bonds. The smallest absolute Gasteiger partial charge is 0.267 e. The Morgan fingerprint density at radius 1 is 1.42 bits per heavy atom. The van der Waals surface area contributed by atoms with Crippen LogP contribution in [0.1, 0.15) is 27.8 Å². The van der Waals surface area contributed by atoms with Gasteiger partial charge in [-0.3, -0.25) is 14.5 Å². The number of Topliss-reactive ketones (excluding diaryl/α,β-unsaturated/α-hetero) is 1. The molecule has 0 bridgehead atoms. The van der Waals surface area contributed by atoms with Crippen LogP contribution in [0.4, 0.5) is 0 Å². The van der Waals surface area contributed by atoms with Gasteiger partial charge >= 0.3 is 0 Å². The molecule has 2 N–H and O–H groups in total. The van der Waals surface area contributed by atoms with Crippen molar-refractivity contribution in [3.05, 3.63) is 23.5 Å². The molecule has 19 heavy (non-hydrogen) atoms. The summed E-state index contributed by atoms with van der Waals surface area (Å²) in [4.78, 5) is 28.0. The second-order valence-electron chi connectivity index (χ2n) is 4.57. The van der Waals surface area contributed by atoms with Gasteiger partial charge in [-0.2, -0.15) is 0 Å². The van der Waals surface area contributed by atoms with E-state index in [4.69, 9.17) is 4.74 Å². The Labute approximate surface area is 112 Å². The van der Waals surface area contributed by atoms with E-state index < -0.39 is 0 Å². The van der Waals surface area contributed by atoms with Crippen molar-refractivity contribution in [1.82, 2.24) is 15.2 Å². The van der Waals surface area contributed by atoms with Gasteiger partial charge in [0.25, 0.3) is 5.91 Å². The maximum atomic E-state index is 11.8. The number of ether oxygens (including phenoxy) is 1. The van der Waals surface area contributed by atoms with E-state index in [-0.39, 0.29) is 11.7 Å². The number of aromatic amines is 1. The second kappa shape index (κ2) is 6.49. The van der Waals surface area contributed by atoms with Gasteiger partial charge in [0.1, 0.15) is 5.69 Å². The summed E-state index contributed by atoms with van der Waals surface area (Å²) in [6.07, 6.45) is 1.55. The van der Waals surface area contributed by atoms with Crippen LogP contribution >= 0.6 is 0 Å². The van der Waals surface area contributed by atoms with Gasteiger partial charge in [0.05, 0.1) is 13.2 Å². The van der Waals surface area contributed by atoms with Crippen LogP contribution in [0.15, 0.2) is 12.3 Å². The highest BCUT2D eigenvalue weighted by Crippen LogP contribution is 2.04. The molecular weight excluding hydrogens is 246 g/mol. The first-order valence-electron chi connectivity index (χ1n) is 6.44. The highest BCUT2D eigenvalue weighted by atomic mass is 16.5. The number of hydrogen-bond acceptors (Lipinski definition) is 4. The van der Waals surface area contributed by atoms with E-state index in [0.29, 0.717) is 17.8 Å².